The van der Waals surface area contributed by atoms with E-state index in [4.69, 9.17) is 22.1 Å². The van der Waals surface area contributed by atoms with E-state index in [0.29, 0.717) is 22.1 Å². The van der Waals surface area contributed by atoms with Crippen molar-refractivity contribution in [3.05, 3.63) is 53.1 Å². The molecule has 3 N–H and O–H groups in total. The Morgan fingerprint density at radius 2 is 2.10 bits per heavy atom. The van der Waals surface area contributed by atoms with Crippen molar-refractivity contribution in [3.63, 3.8) is 0 Å². The monoisotopic (exact) mass is 290 g/mol. The lowest BCUT2D eigenvalue weighted by atomic mass is 10.2. The smallest absolute Gasteiger partial charge is 0.262 e. The molecule has 2 aromatic carbocycles. The first-order valence-corrected chi connectivity index (χ1v) is 6.47. The molecule has 0 spiro atoms. The predicted molar refractivity (Wildman–Crippen MR) is 81.2 cm³/mol. The summed E-state index contributed by atoms with van der Waals surface area (Å²) < 4.78 is 5.35. The van der Waals surface area contributed by atoms with E-state index in [-0.39, 0.29) is 12.5 Å². The van der Waals surface area contributed by atoms with E-state index in [0.717, 1.165) is 5.56 Å². The minimum atomic E-state index is -0.242. The molecule has 20 heavy (non-hydrogen) atoms. The highest BCUT2D eigenvalue weighted by atomic mass is 35.5. The van der Waals surface area contributed by atoms with Crippen LogP contribution in [0.1, 0.15) is 5.56 Å². The van der Waals surface area contributed by atoms with Gasteiger partial charge in [0.25, 0.3) is 5.91 Å². The van der Waals surface area contributed by atoms with Crippen LogP contribution in [0.3, 0.4) is 0 Å². The Morgan fingerprint density at radius 3 is 2.80 bits per heavy atom. The van der Waals surface area contributed by atoms with Crippen LogP contribution in [0.15, 0.2) is 42.5 Å². The molecule has 1 amide bonds. The highest BCUT2D eigenvalue weighted by molar-refractivity contribution is 6.30. The second-order valence-corrected chi connectivity index (χ2v) is 4.80. The van der Waals surface area contributed by atoms with Crippen LogP contribution < -0.4 is 15.8 Å². The molecule has 0 heterocycles. The molecule has 0 bridgehead atoms. The van der Waals surface area contributed by atoms with E-state index in [2.05, 4.69) is 5.32 Å². The maximum Gasteiger partial charge on any atom is 0.262 e. The van der Waals surface area contributed by atoms with Crippen LogP contribution in [0, 0.1) is 6.92 Å². The first-order chi connectivity index (χ1) is 9.54. The second-order valence-electron chi connectivity index (χ2n) is 4.37. The van der Waals surface area contributed by atoms with Gasteiger partial charge in [0.15, 0.2) is 6.61 Å². The number of anilines is 2. The van der Waals surface area contributed by atoms with Gasteiger partial charge in [0, 0.05) is 16.4 Å². The Bertz CT molecular complexity index is 629. The van der Waals surface area contributed by atoms with Gasteiger partial charge in [0.1, 0.15) is 5.75 Å². The maximum absolute atomic E-state index is 11.8. The van der Waals surface area contributed by atoms with Crippen LogP contribution in [0.4, 0.5) is 11.4 Å². The Kier molecular flexibility index (Phi) is 4.48. The van der Waals surface area contributed by atoms with Gasteiger partial charge in [-0.05, 0) is 48.9 Å². The van der Waals surface area contributed by atoms with Gasteiger partial charge in [-0.2, -0.15) is 0 Å². The number of ether oxygens (including phenoxy) is 1. The quantitative estimate of drug-likeness (QED) is 0.850. The van der Waals surface area contributed by atoms with Crippen molar-refractivity contribution in [2.24, 2.45) is 0 Å². The molecule has 0 saturated heterocycles. The van der Waals surface area contributed by atoms with Gasteiger partial charge in [-0.25, -0.2) is 0 Å². The number of carbonyl (C=O) groups excluding carboxylic acids is 1. The first kappa shape index (κ1) is 14.2. The van der Waals surface area contributed by atoms with Gasteiger partial charge in [-0.15, -0.1) is 0 Å². The molecule has 0 aliphatic rings. The third-order valence-electron chi connectivity index (χ3n) is 2.72. The molecule has 0 radical (unpaired) electrons. The van der Waals surface area contributed by atoms with E-state index in [1.54, 1.807) is 36.4 Å². The van der Waals surface area contributed by atoms with Crippen molar-refractivity contribution < 1.29 is 9.53 Å². The van der Waals surface area contributed by atoms with Gasteiger partial charge in [0.2, 0.25) is 0 Å². The molecular formula is C15H15ClN2O2. The number of amides is 1. The molecule has 4 nitrogen and oxygen atoms in total. The van der Waals surface area contributed by atoms with E-state index in [9.17, 15) is 4.79 Å². The zero-order chi connectivity index (χ0) is 14.5. The number of nitrogens with two attached hydrogens (primary N) is 1. The van der Waals surface area contributed by atoms with Crippen LogP contribution in [0.2, 0.25) is 5.02 Å². The third-order valence-corrected chi connectivity index (χ3v) is 2.95. The van der Waals surface area contributed by atoms with Crippen molar-refractivity contribution >= 4 is 28.9 Å². The summed E-state index contributed by atoms with van der Waals surface area (Å²) in [5, 5.41) is 3.31. The number of benzene rings is 2. The highest BCUT2D eigenvalue weighted by Crippen LogP contribution is 2.18. The molecule has 104 valence electrons. The summed E-state index contributed by atoms with van der Waals surface area (Å²) in [6.07, 6.45) is 0. The van der Waals surface area contributed by atoms with Gasteiger partial charge in [0.05, 0.1) is 0 Å². The molecule has 0 aliphatic carbocycles. The SMILES string of the molecule is Cc1cc(NC(=O)COc2cccc(Cl)c2)ccc1N. The lowest BCUT2D eigenvalue weighted by molar-refractivity contribution is -0.118. The fourth-order valence-electron chi connectivity index (χ4n) is 1.66. The second kappa shape index (κ2) is 6.30. The fraction of sp³-hybridized carbons (Fsp3) is 0.133. The maximum atomic E-state index is 11.8. The summed E-state index contributed by atoms with van der Waals surface area (Å²) in [4.78, 5) is 11.8. The highest BCUT2D eigenvalue weighted by Gasteiger charge is 2.05. The molecule has 0 unspecified atom stereocenters. The van der Waals surface area contributed by atoms with Gasteiger partial charge in [-0.3, -0.25) is 4.79 Å². The number of nitrogens with one attached hydrogen (secondary N) is 1. The number of halogens is 1. The van der Waals surface area contributed by atoms with Crippen molar-refractivity contribution in [1.82, 2.24) is 0 Å². The van der Waals surface area contributed by atoms with Crippen LogP contribution in [-0.4, -0.2) is 12.5 Å². The van der Waals surface area contributed by atoms with E-state index >= 15 is 0 Å². The lowest BCUT2D eigenvalue weighted by Crippen LogP contribution is -2.20. The molecule has 0 saturated carbocycles. The number of nitrogen functional groups attached to an aromatic ring is 1. The van der Waals surface area contributed by atoms with Crippen LogP contribution in [0.25, 0.3) is 0 Å². The largest absolute Gasteiger partial charge is 0.484 e. The third kappa shape index (κ3) is 3.90. The van der Waals surface area contributed by atoms with E-state index in [1.165, 1.54) is 0 Å². The number of hydrogen-bond acceptors (Lipinski definition) is 3. The average molecular weight is 291 g/mol. The summed E-state index contributed by atoms with van der Waals surface area (Å²) >= 11 is 5.83. The van der Waals surface area contributed by atoms with Crippen molar-refractivity contribution in [2.45, 2.75) is 6.92 Å². The van der Waals surface area contributed by atoms with Crippen molar-refractivity contribution in [3.8, 4) is 5.75 Å². The van der Waals surface area contributed by atoms with Crippen LogP contribution in [0.5, 0.6) is 5.75 Å². The molecule has 0 aromatic heterocycles. The van der Waals surface area contributed by atoms with Crippen LogP contribution in [-0.2, 0) is 4.79 Å². The number of hydrogen-bond donors (Lipinski definition) is 2. The molecular weight excluding hydrogens is 276 g/mol. The molecule has 5 heteroatoms. The van der Waals surface area contributed by atoms with E-state index < -0.39 is 0 Å². The molecule has 2 rings (SSSR count). The summed E-state index contributed by atoms with van der Waals surface area (Å²) in [7, 11) is 0. The van der Waals surface area contributed by atoms with Gasteiger partial charge < -0.3 is 15.8 Å². The zero-order valence-electron chi connectivity index (χ0n) is 11.0. The number of aryl methyl sites for hydroxylation is 1. The standard InChI is InChI=1S/C15H15ClN2O2/c1-10-7-12(5-6-14(10)17)18-15(19)9-20-13-4-2-3-11(16)8-13/h2-8H,9,17H2,1H3,(H,18,19). The predicted octanol–water partition coefficient (Wildman–Crippen LogP) is 3.25. The summed E-state index contributed by atoms with van der Waals surface area (Å²) in [5.74, 6) is 0.315. The van der Waals surface area contributed by atoms with Crippen molar-refractivity contribution in [1.29, 1.82) is 0 Å². The Labute approximate surface area is 122 Å². The lowest BCUT2D eigenvalue weighted by Gasteiger charge is -2.09. The Hall–Kier alpha value is -2.20. The molecule has 0 aliphatic heterocycles. The minimum absolute atomic E-state index is 0.0796. The van der Waals surface area contributed by atoms with Gasteiger partial charge in [-0.1, -0.05) is 17.7 Å². The number of carbonyl (C=O) groups is 1. The number of rotatable bonds is 4. The minimum Gasteiger partial charge on any atom is -0.484 e. The average Bonchev–Trinajstić information content (AvgIpc) is 2.41. The van der Waals surface area contributed by atoms with Crippen molar-refractivity contribution in [2.75, 3.05) is 17.7 Å². The summed E-state index contributed by atoms with van der Waals surface area (Å²) in [6.45, 7) is 1.80. The molecule has 2 aromatic rings. The summed E-state index contributed by atoms with van der Waals surface area (Å²) in [6, 6.07) is 12.2. The first-order valence-electron chi connectivity index (χ1n) is 6.09. The molecule has 0 atom stereocenters. The normalized spacial score (nSPS) is 10.1. The fourth-order valence-corrected chi connectivity index (χ4v) is 1.84. The Morgan fingerprint density at radius 1 is 1.30 bits per heavy atom. The molecule has 0 fully saturated rings. The zero-order valence-corrected chi connectivity index (χ0v) is 11.8. The summed E-state index contributed by atoms with van der Waals surface area (Å²) in [5.41, 5.74) is 8.02. The van der Waals surface area contributed by atoms with Gasteiger partial charge >= 0.3 is 0 Å². The van der Waals surface area contributed by atoms with Crippen LogP contribution >= 0.6 is 11.6 Å². The Balaban J connectivity index is 1.91. The van der Waals surface area contributed by atoms with E-state index in [1.807, 2.05) is 13.0 Å². The topological polar surface area (TPSA) is 64.3 Å².